The van der Waals surface area contributed by atoms with Crippen molar-refractivity contribution in [1.29, 1.82) is 0 Å². The van der Waals surface area contributed by atoms with E-state index in [4.69, 9.17) is 0 Å². The van der Waals surface area contributed by atoms with Crippen LogP contribution in [0, 0.1) is 18.6 Å². The van der Waals surface area contributed by atoms with E-state index in [2.05, 4.69) is 55.1 Å². The van der Waals surface area contributed by atoms with Crippen molar-refractivity contribution in [2.24, 2.45) is 0 Å². The van der Waals surface area contributed by atoms with Crippen LogP contribution < -0.4 is 4.90 Å². The first kappa shape index (κ1) is 18.2. The van der Waals surface area contributed by atoms with Crippen LogP contribution >= 0.6 is 0 Å². The Hall–Kier alpha value is -2.20. The standard InChI is InChI=1S/C23H26F2N2/c1-14-5-8-22-19(11-14)18-9-10-26(4)16(3)23(18)27(22)13-15(2)17-6-7-20(24)21(25)12-17/h5-8,11-13,16,18,23H,9-10H2,1-4H3/b15-13-. The van der Waals surface area contributed by atoms with Crippen molar-refractivity contribution >= 4 is 11.3 Å². The first-order valence-electron chi connectivity index (χ1n) is 9.60. The number of aryl methyl sites for hydroxylation is 1. The minimum absolute atomic E-state index is 0.348. The Bertz CT molecular complexity index is 905. The maximum absolute atomic E-state index is 13.7. The molecule has 2 nitrogen and oxygen atoms in total. The average molecular weight is 368 g/mol. The summed E-state index contributed by atoms with van der Waals surface area (Å²) < 4.78 is 27.0. The summed E-state index contributed by atoms with van der Waals surface area (Å²) in [6.45, 7) is 7.47. The number of anilines is 1. The molecule has 4 rings (SSSR count). The topological polar surface area (TPSA) is 6.48 Å². The Balaban J connectivity index is 1.78. The number of piperidine rings is 1. The molecule has 0 N–H and O–H groups in total. The van der Waals surface area contributed by atoms with E-state index in [1.165, 1.54) is 28.9 Å². The third-order valence-electron chi connectivity index (χ3n) is 6.28. The smallest absolute Gasteiger partial charge is 0.159 e. The molecule has 3 atom stereocenters. The van der Waals surface area contributed by atoms with Crippen LogP contribution in [-0.4, -0.2) is 30.6 Å². The number of rotatable bonds is 2. The number of hydrogen-bond donors (Lipinski definition) is 0. The number of benzene rings is 2. The Labute approximate surface area is 160 Å². The molecule has 0 bridgehead atoms. The number of likely N-dealkylation sites (N-methyl/N-ethyl adjacent to an activating group) is 1. The number of fused-ring (bicyclic) bond motifs is 3. The normalized spacial score (nSPS) is 25.5. The van der Waals surface area contributed by atoms with Crippen molar-refractivity contribution in [3.63, 3.8) is 0 Å². The van der Waals surface area contributed by atoms with Crippen LogP contribution in [0.5, 0.6) is 0 Å². The van der Waals surface area contributed by atoms with E-state index >= 15 is 0 Å². The second kappa shape index (κ2) is 6.75. The maximum Gasteiger partial charge on any atom is 0.159 e. The summed E-state index contributed by atoms with van der Waals surface area (Å²) in [7, 11) is 2.18. The van der Waals surface area contributed by atoms with E-state index in [-0.39, 0.29) is 0 Å². The molecule has 27 heavy (non-hydrogen) atoms. The van der Waals surface area contributed by atoms with Crippen LogP contribution in [0.15, 0.2) is 42.6 Å². The minimum Gasteiger partial charge on any atom is -0.342 e. The van der Waals surface area contributed by atoms with Crippen molar-refractivity contribution in [3.05, 3.63) is 70.9 Å². The highest BCUT2D eigenvalue weighted by molar-refractivity contribution is 5.72. The lowest BCUT2D eigenvalue weighted by atomic mass is 9.84. The predicted octanol–water partition coefficient (Wildman–Crippen LogP) is 5.33. The van der Waals surface area contributed by atoms with Crippen LogP contribution in [-0.2, 0) is 0 Å². The van der Waals surface area contributed by atoms with Crippen LogP contribution in [0.3, 0.4) is 0 Å². The third kappa shape index (κ3) is 3.06. The highest BCUT2D eigenvalue weighted by atomic mass is 19.2. The Kier molecular flexibility index (Phi) is 4.55. The lowest BCUT2D eigenvalue weighted by Gasteiger charge is -2.42. The largest absolute Gasteiger partial charge is 0.342 e. The summed E-state index contributed by atoms with van der Waals surface area (Å²) in [6, 6.07) is 11.5. The number of likely N-dealkylation sites (tertiary alicyclic amines) is 1. The molecule has 2 heterocycles. The molecule has 0 saturated carbocycles. The van der Waals surface area contributed by atoms with Gasteiger partial charge in [-0.15, -0.1) is 0 Å². The average Bonchev–Trinajstić information content (AvgIpc) is 2.94. The van der Waals surface area contributed by atoms with E-state index in [1.807, 2.05) is 6.92 Å². The molecule has 4 heteroatoms. The van der Waals surface area contributed by atoms with Gasteiger partial charge in [-0.1, -0.05) is 23.8 Å². The fourth-order valence-corrected chi connectivity index (χ4v) is 4.63. The van der Waals surface area contributed by atoms with Crippen molar-refractivity contribution in [2.45, 2.75) is 45.2 Å². The molecule has 0 amide bonds. The van der Waals surface area contributed by atoms with Gasteiger partial charge in [-0.3, -0.25) is 0 Å². The number of halogens is 2. The molecule has 1 fully saturated rings. The zero-order valence-electron chi connectivity index (χ0n) is 16.3. The molecule has 0 radical (unpaired) electrons. The summed E-state index contributed by atoms with van der Waals surface area (Å²) in [5.41, 5.74) is 5.57. The Morgan fingerprint density at radius 2 is 1.89 bits per heavy atom. The van der Waals surface area contributed by atoms with Gasteiger partial charge in [0, 0.05) is 23.8 Å². The molecule has 0 aromatic heterocycles. The van der Waals surface area contributed by atoms with Gasteiger partial charge < -0.3 is 9.80 Å². The summed E-state index contributed by atoms with van der Waals surface area (Å²) >= 11 is 0. The summed E-state index contributed by atoms with van der Waals surface area (Å²) in [6.07, 6.45) is 3.25. The van der Waals surface area contributed by atoms with Crippen LogP contribution in [0.1, 0.15) is 42.9 Å². The van der Waals surface area contributed by atoms with E-state index in [0.717, 1.165) is 18.5 Å². The molecule has 1 saturated heterocycles. The highest BCUT2D eigenvalue weighted by Crippen LogP contribution is 2.47. The molecule has 142 valence electrons. The van der Waals surface area contributed by atoms with Crippen LogP contribution in [0.2, 0.25) is 0 Å². The first-order chi connectivity index (χ1) is 12.9. The maximum atomic E-state index is 13.7. The van der Waals surface area contributed by atoms with Crippen molar-refractivity contribution in [1.82, 2.24) is 4.90 Å². The lowest BCUT2D eigenvalue weighted by Crippen LogP contribution is -2.52. The fourth-order valence-electron chi connectivity index (χ4n) is 4.63. The molecule has 3 unspecified atom stereocenters. The highest BCUT2D eigenvalue weighted by Gasteiger charge is 2.44. The zero-order valence-corrected chi connectivity index (χ0v) is 16.3. The van der Waals surface area contributed by atoms with E-state index in [0.29, 0.717) is 23.6 Å². The number of allylic oxidation sites excluding steroid dienone is 1. The molecular formula is C23H26F2N2. The molecule has 2 aliphatic heterocycles. The Morgan fingerprint density at radius 1 is 1.11 bits per heavy atom. The van der Waals surface area contributed by atoms with Gasteiger partial charge in [0.1, 0.15) is 0 Å². The molecule has 2 aliphatic rings. The summed E-state index contributed by atoms with van der Waals surface area (Å²) in [5, 5.41) is 0. The summed E-state index contributed by atoms with van der Waals surface area (Å²) in [5.74, 6) is -1.11. The van der Waals surface area contributed by atoms with Crippen molar-refractivity contribution in [2.75, 3.05) is 18.5 Å². The second-order valence-electron chi connectivity index (χ2n) is 8.02. The number of hydrogen-bond acceptors (Lipinski definition) is 2. The molecular weight excluding hydrogens is 342 g/mol. The van der Waals surface area contributed by atoms with Gasteiger partial charge in [0.05, 0.1) is 6.04 Å². The summed E-state index contributed by atoms with van der Waals surface area (Å²) in [4.78, 5) is 4.77. The van der Waals surface area contributed by atoms with Gasteiger partial charge in [-0.05, 0) is 75.7 Å². The fraction of sp³-hybridized carbons (Fsp3) is 0.391. The van der Waals surface area contributed by atoms with Gasteiger partial charge >= 0.3 is 0 Å². The van der Waals surface area contributed by atoms with Crippen LogP contribution in [0.25, 0.3) is 5.57 Å². The van der Waals surface area contributed by atoms with Gasteiger partial charge in [-0.25, -0.2) is 8.78 Å². The van der Waals surface area contributed by atoms with E-state index in [9.17, 15) is 8.78 Å². The van der Waals surface area contributed by atoms with Gasteiger partial charge in [0.15, 0.2) is 11.6 Å². The monoisotopic (exact) mass is 368 g/mol. The number of nitrogens with zero attached hydrogens (tertiary/aromatic N) is 2. The molecule has 0 spiro atoms. The third-order valence-corrected chi connectivity index (χ3v) is 6.28. The lowest BCUT2D eigenvalue weighted by molar-refractivity contribution is 0.163. The van der Waals surface area contributed by atoms with Gasteiger partial charge in [-0.2, -0.15) is 0 Å². The van der Waals surface area contributed by atoms with Gasteiger partial charge in [0.2, 0.25) is 0 Å². The van der Waals surface area contributed by atoms with Crippen LogP contribution in [0.4, 0.5) is 14.5 Å². The quantitative estimate of drug-likeness (QED) is 0.707. The van der Waals surface area contributed by atoms with Gasteiger partial charge in [0.25, 0.3) is 0 Å². The molecule has 2 aromatic carbocycles. The van der Waals surface area contributed by atoms with E-state index < -0.39 is 11.6 Å². The SMILES string of the molecule is C/C(=C/N1c2ccc(C)cc2C2CCN(C)C(C)C21)c1ccc(F)c(F)c1. The first-order valence-corrected chi connectivity index (χ1v) is 9.60. The molecule has 2 aromatic rings. The van der Waals surface area contributed by atoms with E-state index in [1.54, 1.807) is 6.07 Å². The minimum atomic E-state index is -0.809. The Morgan fingerprint density at radius 3 is 2.63 bits per heavy atom. The van der Waals surface area contributed by atoms with Crippen molar-refractivity contribution < 1.29 is 8.78 Å². The van der Waals surface area contributed by atoms with Crippen molar-refractivity contribution in [3.8, 4) is 0 Å². The molecule has 0 aliphatic carbocycles. The second-order valence-corrected chi connectivity index (χ2v) is 8.02. The zero-order chi connectivity index (χ0) is 19.3. The predicted molar refractivity (Wildman–Crippen MR) is 107 cm³/mol.